The highest BCUT2D eigenvalue weighted by atomic mass is 19.1. The fraction of sp³-hybridized carbons (Fsp3) is 0.593. The molecule has 9 heteroatoms. The number of imidazole rings is 1. The van der Waals surface area contributed by atoms with Crippen molar-refractivity contribution in [3.05, 3.63) is 41.9 Å². The molecule has 3 rings (SSSR count). The molecule has 1 aliphatic heterocycles. The molecule has 0 bridgehead atoms. The van der Waals surface area contributed by atoms with E-state index in [2.05, 4.69) is 22.2 Å². The van der Waals surface area contributed by atoms with Gasteiger partial charge in [0.25, 0.3) is 0 Å². The van der Waals surface area contributed by atoms with Crippen molar-refractivity contribution in [1.29, 1.82) is 0 Å². The predicted molar refractivity (Wildman–Crippen MR) is 134 cm³/mol. The Morgan fingerprint density at radius 1 is 1.22 bits per heavy atom. The Hall–Kier alpha value is -2.49. The third-order valence-electron chi connectivity index (χ3n) is 7.03. The second-order valence-corrected chi connectivity index (χ2v) is 10.2. The molecule has 1 aliphatic rings. The van der Waals surface area contributed by atoms with E-state index >= 15 is 0 Å². The highest BCUT2D eigenvalue weighted by Crippen LogP contribution is 2.26. The summed E-state index contributed by atoms with van der Waals surface area (Å²) in [6.07, 6.45) is 4.11. The number of ketones is 2. The zero-order valence-electron chi connectivity index (χ0n) is 21.6. The number of H-pyrrole nitrogens is 1. The first-order valence-electron chi connectivity index (χ1n) is 12.8. The smallest absolute Gasteiger partial charge is 0.150 e. The Kier molecular flexibility index (Phi) is 9.87. The Balaban J connectivity index is 1.69. The van der Waals surface area contributed by atoms with Crippen molar-refractivity contribution >= 4 is 11.6 Å². The molecule has 36 heavy (non-hydrogen) atoms. The van der Waals surface area contributed by atoms with Crippen molar-refractivity contribution in [2.75, 3.05) is 13.1 Å². The van der Waals surface area contributed by atoms with E-state index in [1.165, 1.54) is 18.3 Å². The standard InChI is InChI=1S/C27H38F2N4O3/c1-16(2)25(35)15-30-22(13-26(36)33-10-6-5-7-18(33)4)24(34)11-17(3)27-31-14-23(32-27)20-9-8-19(28)12-21(20)29/h8-9,12,14,16-18,22,26,30,36H,5-7,10-11,13,15H2,1-4H3,(H,31,32)/t17-,18+,22+,26?/m1/s1. The number of aromatic nitrogens is 2. The molecule has 2 heterocycles. The number of nitrogens with zero attached hydrogens (tertiary/aromatic N) is 2. The number of rotatable bonds is 12. The Morgan fingerprint density at radius 2 is 1.97 bits per heavy atom. The van der Waals surface area contributed by atoms with Gasteiger partial charge in [0.05, 0.1) is 24.5 Å². The summed E-state index contributed by atoms with van der Waals surface area (Å²) in [5.74, 6) is -1.46. The van der Waals surface area contributed by atoms with Crippen molar-refractivity contribution in [2.24, 2.45) is 5.92 Å². The van der Waals surface area contributed by atoms with Crippen molar-refractivity contribution in [3.63, 3.8) is 0 Å². The predicted octanol–water partition coefficient (Wildman–Crippen LogP) is 4.18. The normalized spacial score (nSPS) is 19.3. The van der Waals surface area contributed by atoms with Crippen molar-refractivity contribution < 1.29 is 23.5 Å². The van der Waals surface area contributed by atoms with Crippen LogP contribution in [0.2, 0.25) is 0 Å². The zero-order chi connectivity index (χ0) is 26.4. The van der Waals surface area contributed by atoms with Crippen LogP contribution in [0.4, 0.5) is 8.78 Å². The maximum Gasteiger partial charge on any atom is 0.150 e. The largest absolute Gasteiger partial charge is 0.378 e. The molecule has 7 nitrogen and oxygen atoms in total. The molecule has 0 aliphatic carbocycles. The second kappa shape index (κ2) is 12.7. The van der Waals surface area contributed by atoms with Crippen LogP contribution in [0.1, 0.15) is 71.5 Å². The monoisotopic (exact) mass is 504 g/mol. The van der Waals surface area contributed by atoms with Crippen LogP contribution in [0, 0.1) is 17.6 Å². The molecule has 0 spiro atoms. The number of carbonyl (C=O) groups excluding carboxylic acids is 2. The van der Waals surface area contributed by atoms with Gasteiger partial charge in [-0.2, -0.15) is 0 Å². The highest BCUT2D eigenvalue weighted by Gasteiger charge is 2.30. The van der Waals surface area contributed by atoms with Crippen LogP contribution >= 0.6 is 0 Å². The maximum absolute atomic E-state index is 14.2. The Morgan fingerprint density at radius 3 is 2.64 bits per heavy atom. The molecule has 1 fully saturated rings. The summed E-state index contributed by atoms with van der Waals surface area (Å²) in [4.78, 5) is 34.9. The SMILES string of the molecule is CC(C)C(=O)CN[C@@H](CC(O)N1CCCC[C@@H]1C)C(=O)C[C@@H](C)c1ncc(-c2ccc(F)cc2F)[nH]1. The van der Waals surface area contributed by atoms with Gasteiger partial charge in [-0.25, -0.2) is 13.8 Å². The van der Waals surface area contributed by atoms with Gasteiger partial charge in [0.1, 0.15) is 29.5 Å². The van der Waals surface area contributed by atoms with Crippen molar-refractivity contribution in [2.45, 2.75) is 84.0 Å². The lowest BCUT2D eigenvalue weighted by molar-refractivity contribution is -0.125. The number of aliphatic hydroxyl groups excluding tert-OH is 1. The van der Waals surface area contributed by atoms with Crippen LogP contribution < -0.4 is 5.32 Å². The van der Waals surface area contributed by atoms with E-state index in [1.807, 2.05) is 25.7 Å². The Bertz CT molecular complexity index is 1040. The van der Waals surface area contributed by atoms with Crippen LogP contribution in [0.3, 0.4) is 0 Å². The third kappa shape index (κ3) is 7.27. The number of hydrogen-bond acceptors (Lipinski definition) is 6. The highest BCUT2D eigenvalue weighted by molar-refractivity contribution is 5.86. The minimum absolute atomic E-state index is 0.00122. The van der Waals surface area contributed by atoms with E-state index in [0.29, 0.717) is 11.5 Å². The van der Waals surface area contributed by atoms with E-state index in [4.69, 9.17) is 0 Å². The van der Waals surface area contributed by atoms with Crippen molar-refractivity contribution in [1.82, 2.24) is 20.2 Å². The number of benzene rings is 1. The lowest BCUT2D eigenvalue weighted by atomic mass is 9.95. The first-order chi connectivity index (χ1) is 17.1. The molecular formula is C27H38F2N4O3. The first-order valence-corrected chi connectivity index (χ1v) is 12.8. The van der Waals surface area contributed by atoms with Gasteiger partial charge < -0.3 is 15.4 Å². The van der Waals surface area contributed by atoms with Gasteiger partial charge in [-0.15, -0.1) is 0 Å². The number of hydrogen-bond donors (Lipinski definition) is 3. The van der Waals surface area contributed by atoms with Crippen LogP contribution in [0.25, 0.3) is 11.3 Å². The summed E-state index contributed by atoms with van der Waals surface area (Å²) in [7, 11) is 0. The number of aromatic amines is 1. The minimum atomic E-state index is -0.789. The molecular weight excluding hydrogens is 466 g/mol. The number of piperidine rings is 1. The van der Waals surface area contributed by atoms with Crippen molar-refractivity contribution in [3.8, 4) is 11.3 Å². The molecule has 1 saturated heterocycles. The summed E-state index contributed by atoms with van der Waals surface area (Å²) in [6, 6.07) is 2.87. The molecule has 1 unspecified atom stereocenters. The van der Waals surface area contributed by atoms with Crippen LogP contribution in [-0.4, -0.2) is 62.9 Å². The van der Waals surface area contributed by atoms with Gasteiger partial charge in [0, 0.05) is 48.9 Å². The number of Topliss-reactive ketones (excluding diaryl/α,β-unsaturated/α-hetero) is 2. The summed E-state index contributed by atoms with van der Waals surface area (Å²) in [5, 5.41) is 14.0. The lowest BCUT2D eigenvalue weighted by Crippen LogP contribution is -2.50. The summed E-state index contributed by atoms with van der Waals surface area (Å²) < 4.78 is 27.4. The van der Waals surface area contributed by atoms with E-state index in [0.717, 1.165) is 31.9 Å². The summed E-state index contributed by atoms with van der Waals surface area (Å²) in [6.45, 7) is 8.37. The number of carbonyl (C=O) groups is 2. The lowest BCUT2D eigenvalue weighted by Gasteiger charge is -2.38. The van der Waals surface area contributed by atoms with Crippen LogP contribution in [0.5, 0.6) is 0 Å². The first kappa shape index (κ1) is 28.1. The topological polar surface area (TPSA) is 98.3 Å². The van der Waals surface area contributed by atoms with Gasteiger partial charge in [-0.3, -0.25) is 14.5 Å². The fourth-order valence-corrected chi connectivity index (χ4v) is 4.64. The molecule has 1 aromatic carbocycles. The second-order valence-electron chi connectivity index (χ2n) is 10.2. The number of nitrogens with one attached hydrogen (secondary N) is 2. The van der Waals surface area contributed by atoms with E-state index in [9.17, 15) is 23.5 Å². The molecule has 0 saturated carbocycles. The van der Waals surface area contributed by atoms with E-state index in [1.54, 1.807) is 0 Å². The van der Waals surface area contributed by atoms with Crippen LogP contribution in [0.15, 0.2) is 24.4 Å². The summed E-state index contributed by atoms with van der Waals surface area (Å²) >= 11 is 0. The van der Waals surface area contributed by atoms with Crippen LogP contribution in [-0.2, 0) is 9.59 Å². The molecule has 4 atom stereocenters. The van der Waals surface area contributed by atoms with Gasteiger partial charge in [0.2, 0.25) is 0 Å². The minimum Gasteiger partial charge on any atom is -0.378 e. The zero-order valence-corrected chi connectivity index (χ0v) is 21.6. The average Bonchev–Trinajstić information content (AvgIpc) is 3.31. The molecule has 3 N–H and O–H groups in total. The van der Waals surface area contributed by atoms with Gasteiger partial charge in [-0.05, 0) is 31.9 Å². The molecule has 2 aromatic rings. The average molecular weight is 505 g/mol. The Labute approximate surface area is 211 Å². The number of halogens is 2. The summed E-state index contributed by atoms with van der Waals surface area (Å²) in [5.41, 5.74) is 0.590. The van der Waals surface area contributed by atoms with Gasteiger partial charge in [-0.1, -0.05) is 27.2 Å². The van der Waals surface area contributed by atoms with E-state index in [-0.39, 0.29) is 54.4 Å². The quantitative estimate of drug-likeness (QED) is 0.401. The van der Waals surface area contributed by atoms with E-state index < -0.39 is 23.9 Å². The molecule has 0 amide bonds. The van der Waals surface area contributed by atoms with Gasteiger partial charge >= 0.3 is 0 Å². The maximum atomic E-state index is 14.2. The number of likely N-dealkylation sites (tertiary alicyclic amines) is 1. The number of aliphatic hydroxyl groups is 1. The molecule has 1 aromatic heterocycles. The third-order valence-corrected chi connectivity index (χ3v) is 7.03. The fourth-order valence-electron chi connectivity index (χ4n) is 4.64. The molecule has 0 radical (unpaired) electrons. The molecule has 198 valence electrons. The van der Waals surface area contributed by atoms with Gasteiger partial charge in [0.15, 0.2) is 5.78 Å².